The minimum Gasteiger partial charge on any atom is -0.303 e. The van der Waals surface area contributed by atoms with Crippen LogP contribution in [0.3, 0.4) is 0 Å². The van der Waals surface area contributed by atoms with Gasteiger partial charge in [0.1, 0.15) is 6.29 Å². The quantitative estimate of drug-likeness (QED) is 0.737. The molecule has 0 amide bonds. The van der Waals surface area contributed by atoms with Crippen molar-refractivity contribution < 1.29 is 18.0 Å². The summed E-state index contributed by atoms with van der Waals surface area (Å²) in [7, 11) is 0. The van der Waals surface area contributed by atoms with Gasteiger partial charge in [-0.25, -0.2) is 0 Å². The summed E-state index contributed by atoms with van der Waals surface area (Å²) in [4.78, 5) is 10.4. The fourth-order valence-corrected chi connectivity index (χ4v) is 2.46. The van der Waals surface area contributed by atoms with E-state index in [2.05, 4.69) is 0 Å². The lowest BCUT2D eigenvalue weighted by Gasteiger charge is -2.06. The summed E-state index contributed by atoms with van der Waals surface area (Å²) in [5.74, 6) is 0. The second kappa shape index (κ2) is 3.90. The number of aldehydes is 1. The lowest BCUT2D eigenvalue weighted by molar-refractivity contribution is -0.137. The average molecular weight is 244 g/mol. The molecule has 0 spiro atoms. The lowest BCUT2D eigenvalue weighted by atomic mass is 10.1. The fourth-order valence-electron chi connectivity index (χ4n) is 1.51. The Labute approximate surface area is 93.5 Å². The van der Waals surface area contributed by atoms with E-state index in [1.807, 2.05) is 0 Å². The normalized spacial score (nSPS) is 11.9. The first-order valence-corrected chi connectivity index (χ1v) is 5.41. The summed E-state index contributed by atoms with van der Waals surface area (Å²) in [5.41, 5.74) is -0.0216. The van der Waals surface area contributed by atoms with Crippen molar-refractivity contribution in [2.45, 2.75) is 12.6 Å². The standard InChI is InChI=1S/C11H7F3OS/c12-11(13,14)8-1-2-10-9(5-8)7(3-4-15)6-16-10/h1-2,4-6H,3H2. The number of benzene rings is 1. The van der Waals surface area contributed by atoms with Crippen molar-refractivity contribution in [3.63, 3.8) is 0 Å². The maximum absolute atomic E-state index is 12.5. The number of alkyl halides is 3. The first-order chi connectivity index (χ1) is 7.52. The average Bonchev–Trinajstić information content (AvgIpc) is 2.60. The van der Waals surface area contributed by atoms with E-state index in [9.17, 15) is 18.0 Å². The zero-order valence-electron chi connectivity index (χ0n) is 8.04. The zero-order valence-corrected chi connectivity index (χ0v) is 8.86. The van der Waals surface area contributed by atoms with Crippen LogP contribution in [0.15, 0.2) is 23.6 Å². The van der Waals surface area contributed by atoms with Gasteiger partial charge in [-0.15, -0.1) is 11.3 Å². The molecule has 0 unspecified atom stereocenters. The number of carbonyl (C=O) groups is 1. The summed E-state index contributed by atoms with van der Waals surface area (Å²) < 4.78 is 38.2. The second-order valence-corrected chi connectivity index (χ2v) is 4.25. The number of halogens is 3. The molecule has 0 aliphatic heterocycles. The molecule has 0 saturated carbocycles. The summed E-state index contributed by atoms with van der Waals surface area (Å²) >= 11 is 1.35. The van der Waals surface area contributed by atoms with E-state index in [-0.39, 0.29) is 6.42 Å². The third kappa shape index (κ3) is 1.95. The highest BCUT2D eigenvalue weighted by molar-refractivity contribution is 7.17. The summed E-state index contributed by atoms with van der Waals surface area (Å²) in [5, 5.41) is 2.24. The number of rotatable bonds is 2. The Bertz CT molecular complexity index is 527. The SMILES string of the molecule is O=CCc1csc2ccc(C(F)(F)F)cc12. The fraction of sp³-hybridized carbons (Fsp3) is 0.182. The Morgan fingerprint density at radius 1 is 1.31 bits per heavy atom. The monoisotopic (exact) mass is 244 g/mol. The molecule has 0 aliphatic carbocycles. The predicted octanol–water partition coefficient (Wildman–Crippen LogP) is 3.66. The molecule has 2 rings (SSSR count). The lowest BCUT2D eigenvalue weighted by Crippen LogP contribution is -2.04. The van der Waals surface area contributed by atoms with E-state index >= 15 is 0 Å². The molecule has 0 aliphatic rings. The minimum absolute atomic E-state index is 0.154. The summed E-state index contributed by atoms with van der Waals surface area (Å²) in [6, 6.07) is 3.60. The van der Waals surface area contributed by atoms with Gasteiger partial charge in [0, 0.05) is 11.1 Å². The van der Waals surface area contributed by atoms with E-state index in [1.165, 1.54) is 17.4 Å². The van der Waals surface area contributed by atoms with Crippen LogP contribution in [0, 0.1) is 0 Å². The molecule has 0 saturated heterocycles. The maximum Gasteiger partial charge on any atom is 0.416 e. The van der Waals surface area contributed by atoms with Crippen molar-refractivity contribution in [3.8, 4) is 0 Å². The molecule has 1 nitrogen and oxygen atoms in total. The highest BCUT2D eigenvalue weighted by Gasteiger charge is 2.30. The van der Waals surface area contributed by atoms with Gasteiger partial charge in [0.05, 0.1) is 5.56 Å². The van der Waals surface area contributed by atoms with Gasteiger partial charge in [0.2, 0.25) is 0 Å². The van der Waals surface area contributed by atoms with Crippen LogP contribution in [0.4, 0.5) is 13.2 Å². The molecule has 0 fully saturated rings. The van der Waals surface area contributed by atoms with E-state index in [0.717, 1.165) is 16.8 Å². The second-order valence-electron chi connectivity index (χ2n) is 3.34. The van der Waals surface area contributed by atoms with Crippen molar-refractivity contribution in [3.05, 3.63) is 34.7 Å². The largest absolute Gasteiger partial charge is 0.416 e. The molecular weight excluding hydrogens is 237 g/mol. The van der Waals surface area contributed by atoms with E-state index in [4.69, 9.17) is 0 Å². The van der Waals surface area contributed by atoms with Crippen LogP contribution >= 0.6 is 11.3 Å². The Hall–Kier alpha value is -1.36. The molecule has 2 aromatic rings. The van der Waals surface area contributed by atoms with Gasteiger partial charge in [-0.05, 0) is 34.5 Å². The Kier molecular flexibility index (Phi) is 2.71. The number of hydrogen-bond donors (Lipinski definition) is 0. The highest BCUT2D eigenvalue weighted by atomic mass is 32.1. The molecule has 1 heterocycles. The van der Waals surface area contributed by atoms with Crippen molar-refractivity contribution in [1.29, 1.82) is 0 Å². The summed E-state index contributed by atoms with van der Waals surface area (Å²) in [6.45, 7) is 0. The number of carbonyl (C=O) groups excluding carboxylic acids is 1. The van der Waals surface area contributed by atoms with Gasteiger partial charge in [0.25, 0.3) is 0 Å². The molecule has 0 N–H and O–H groups in total. The van der Waals surface area contributed by atoms with Crippen molar-refractivity contribution in [1.82, 2.24) is 0 Å². The van der Waals surface area contributed by atoms with Gasteiger partial charge in [0.15, 0.2) is 0 Å². The van der Waals surface area contributed by atoms with Crippen LogP contribution in [0.1, 0.15) is 11.1 Å². The Morgan fingerprint density at radius 2 is 2.06 bits per heavy atom. The van der Waals surface area contributed by atoms with Gasteiger partial charge in [-0.3, -0.25) is 0 Å². The van der Waals surface area contributed by atoms with Gasteiger partial charge in [-0.2, -0.15) is 13.2 Å². The molecule has 1 aromatic heterocycles. The topological polar surface area (TPSA) is 17.1 Å². The predicted molar refractivity (Wildman–Crippen MR) is 56.6 cm³/mol. The van der Waals surface area contributed by atoms with E-state index in [0.29, 0.717) is 17.2 Å². The molecule has 1 aromatic carbocycles. The van der Waals surface area contributed by atoms with Crippen molar-refractivity contribution in [2.75, 3.05) is 0 Å². The number of thiophene rings is 1. The van der Waals surface area contributed by atoms with Crippen molar-refractivity contribution in [2.24, 2.45) is 0 Å². The van der Waals surface area contributed by atoms with Crippen LogP contribution in [-0.4, -0.2) is 6.29 Å². The maximum atomic E-state index is 12.5. The minimum atomic E-state index is -4.34. The molecule has 0 atom stereocenters. The van der Waals surface area contributed by atoms with Gasteiger partial charge in [-0.1, -0.05) is 0 Å². The molecular formula is C11H7F3OS. The van der Waals surface area contributed by atoms with Crippen LogP contribution in [0.25, 0.3) is 10.1 Å². The smallest absolute Gasteiger partial charge is 0.303 e. The van der Waals surface area contributed by atoms with Crippen LogP contribution in [0.5, 0.6) is 0 Å². The van der Waals surface area contributed by atoms with Gasteiger partial charge >= 0.3 is 6.18 Å². The molecule has 0 radical (unpaired) electrons. The van der Waals surface area contributed by atoms with Crippen LogP contribution < -0.4 is 0 Å². The first-order valence-electron chi connectivity index (χ1n) is 4.53. The Morgan fingerprint density at radius 3 is 2.69 bits per heavy atom. The van der Waals surface area contributed by atoms with Crippen molar-refractivity contribution >= 4 is 27.7 Å². The van der Waals surface area contributed by atoms with Crippen LogP contribution in [0.2, 0.25) is 0 Å². The van der Waals surface area contributed by atoms with Crippen LogP contribution in [-0.2, 0) is 17.4 Å². The Balaban J connectivity index is 2.58. The van der Waals surface area contributed by atoms with E-state index in [1.54, 1.807) is 5.38 Å². The number of hydrogen-bond acceptors (Lipinski definition) is 2. The zero-order chi connectivity index (χ0) is 11.8. The van der Waals surface area contributed by atoms with E-state index < -0.39 is 11.7 Å². The summed E-state index contributed by atoms with van der Waals surface area (Å²) in [6.07, 6.45) is -3.49. The molecule has 0 bridgehead atoms. The third-order valence-electron chi connectivity index (χ3n) is 2.28. The molecule has 16 heavy (non-hydrogen) atoms. The number of fused-ring (bicyclic) bond motifs is 1. The molecule has 5 heteroatoms. The molecule has 84 valence electrons. The highest BCUT2D eigenvalue weighted by Crippen LogP contribution is 2.34. The first kappa shape index (κ1) is 11.1. The van der Waals surface area contributed by atoms with Gasteiger partial charge < -0.3 is 4.79 Å². The third-order valence-corrected chi connectivity index (χ3v) is 3.30.